The molecule has 0 aliphatic heterocycles. The average molecular weight is 418 g/mol. The molecule has 146 valence electrons. The van der Waals surface area contributed by atoms with Gasteiger partial charge in [0.05, 0.1) is 17.6 Å². The fraction of sp³-hybridized carbons (Fsp3) is 0.263. The van der Waals surface area contributed by atoms with Crippen LogP contribution in [0.2, 0.25) is 0 Å². The largest absolute Gasteiger partial charge is 0.465 e. The van der Waals surface area contributed by atoms with Gasteiger partial charge in [-0.2, -0.15) is 5.26 Å². The van der Waals surface area contributed by atoms with Crippen LogP contribution in [0.1, 0.15) is 36.0 Å². The third-order valence-electron chi connectivity index (χ3n) is 3.91. The second kappa shape index (κ2) is 8.82. The number of carbonyl (C=O) groups excluding carboxylic acids is 3. The molecule has 2 heterocycles. The second-order valence-corrected chi connectivity index (χ2v) is 8.01. The summed E-state index contributed by atoms with van der Waals surface area (Å²) in [5.41, 5.74) is 1.37. The van der Waals surface area contributed by atoms with E-state index in [9.17, 15) is 19.6 Å². The molecule has 0 atom stereocenters. The zero-order valence-corrected chi connectivity index (χ0v) is 17.7. The number of esters is 1. The van der Waals surface area contributed by atoms with Crippen LogP contribution in [-0.2, 0) is 9.53 Å². The standard InChI is InChI=1S/C19H19N3O4S2/c1-10-6-7-27-13(10)8-12(9-20)16(23)21-17-14(19(25)26-5)11(2)15(28-17)18(24)22(3)4/h6-8H,1-5H3,(H,21,23). The summed E-state index contributed by atoms with van der Waals surface area (Å²) < 4.78 is 4.79. The molecule has 0 radical (unpaired) electrons. The Hall–Kier alpha value is -2.96. The van der Waals surface area contributed by atoms with Crippen LogP contribution in [-0.4, -0.2) is 43.9 Å². The Labute approximate surface area is 170 Å². The van der Waals surface area contributed by atoms with E-state index in [1.165, 1.54) is 29.4 Å². The highest BCUT2D eigenvalue weighted by Gasteiger charge is 2.27. The molecule has 0 aromatic carbocycles. The van der Waals surface area contributed by atoms with E-state index >= 15 is 0 Å². The molecule has 2 aromatic rings. The fourth-order valence-corrected chi connectivity index (χ4v) is 4.41. The molecule has 0 spiro atoms. The van der Waals surface area contributed by atoms with E-state index in [2.05, 4.69) is 5.32 Å². The number of nitrogens with one attached hydrogen (secondary N) is 1. The Kier molecular flexibility index (Phi) is 6.72. The van der Waals surface area contributed by atoms with Gasteiger partial charge >= 0.3 is 5.97 Å². The maximum atomic E-state index is 12.6. The summed E-state index contributed by atoms with van der Waals surface area (Å²) in [5, 5.41) is 14.0. The van der Waals surface area contributed by atoms with Crippen LogP contribution in [0, 0.1) is 25.2 Å². The smallest absolute Gasteiger partial charge is 0.341 e. The van der Waals surface area contributed by atoms with Crippen molar-refractivity contribution in [3.05, 3.63) is 43.5 Å². The number of amides is 2. The molecular formula is C19H19N3O4S2. The van der Waals surface area contributed by atoms with E-state index in [1.807, 2.05) is 24.4 Å². The molecule has 0 fully saturated rings. The number of carbonyl (C=O) groups is 3. The number of hydrogen-bond acceptors (Lipinski definition) is 7. The number of aryl methyl sites for hydroxylation is 1. The first-order chi connectivity index (χ1) is 13.2. The van der Waals surface area contributed by atoms with Gasteiger partial charge in [-0.3, -0.25) is 9.59 Å². The first kappa shape index (κ1) is 21.3. The van der Waals surface area contributed by atoms with Gasteiger partial charge in [0.15, 0.2) is 0 Å². The van der Waals surface area contributed by atoms with E-state index < -0.39 is 11.9 Å². The highest BCUT2D eigenvalue weighted by atomic mass is 32.1. The van der Waals surface area contributed by atoms with Crippen LogP contribution < -0.4 is 5.32 Å². The maximum absolute atomic E-state index is 12.6. The molecule has 2 amide bonds. The molecule has 7 nitrogen and oxygen atoms in total. The lowest BCUT2D eigenvalue weighted by atomic mass is 10.1. The second-order valence-electron chi connectivity index (χ2n) is 6.04. The minimum absolute atomic E-state index is 0.104. The molecule has 0 aliphatic rings. The number of anilines is 1. The Balaban J connectivity index is 2.45. The van der Waals surface area contributed by atoms with Gasteiger partial charge in [0, 0.05) is 19.0 Å². The lowest BCUT2D eigenvalue weighted by Gasteiger charge is -2.08. The first-order valence-corrected chi connectivity index (χ1v) is 9.81. The summed E-state index contributed by atoms with van der Waals surface area (Å²) >= 11 is 2.39. The number of hydrogen-bond donors (Lipinski definition) is 1. The van der Waals surface area contributed by atoms with Crippen molar-refractivity contribution in [2.75, 3.05) is 26.5 Å². The molecule has 0 unspecified atom stereocenters. The minimum Gasteiger partial charge on any atom is -0.465 e. The van der Waals surface area contributed by atoms with Crippen molar-refractivity contribution >= 4 is 51.5 Å². The predicted octanol–water partition coefficient (Wildman–Crippen LogP) is 3.46. The number of thiophene rings is 2. The summed E-state index contributed by atoms with van der Waals surface area (Å²) in [6.45, 7) is 3.50. The van der Waals surface area contributed by atoms with Crippen molar-refractivity contribution in [1.82, 2.24) is 4.90 Å². The average Bonchev–Trinajstić information content (AvgIpc) is 3.20. The van der Waals surface area contributed by atoms with Crippen LogP contribution in [0.25, 0.3) is 6.08 Å². The summed E-state index contributed by atoms with van der Waals surface area (Å²) in [6, 6.07) is 3.77. The van der Waals surface area contributed by atoms with Gasteiger partial charge in [-0.1, -0.05) is 0 Å². The normalized spacial score (nSPS) is 10.9. The van der Waals surface area contributed by atoms with Gasteiger partial charge < -0.3 is 15.0 Å². The fourth-order valence-electron chi connectivity index (χ4n) is 2.34. The number of rotatable bonds is 5. The molecule has 1 N–H and O–H groups in total. The minimum atomic E-state index is -0.668. The van der Waals surface area contributed by atoms with Crippen molar-refractivity contribution in [3.8, 4) is 6.07 Å². The third-order valence-corrected chi connectivity index (χ3v) is 6.07. The van der Waals surface area contributed by atoms with Gasteiger partial charge in [0.1, 0.15) is 16.6 Å². The highest BCUT2D eigenvalue weighted by Crippen LogP contribution is 2.34. The summed E-state index contributed by atoms with van der Waals surface area (Å²) in [6.07, 6.45) is 1.50. The van der Waals surface area contributed by atoms with Gasteiger partial charge in [0.25, 0.3) is 11.8 Å². The predicted molar refractivity (Wildman–Crippen MR) is 110 cm³/mol. The molecule has 9 heteroatoms. The summed E-state index contributed by atoms with van der Waals surface area (Å²) in [5.74, 6) is -1.62. The Morgan fingerprint density at radius 3 is 2.46 bits per heavy atom. The zero-order chi connectivity index (χ0) is 21.0. The van der Waals surface area contributed by atoms with Gasteiger partial charge in [0.2, 0.25) is 0 Å². The first-order valence-electron chi connectivity index (χ1n) is 8.11. The Bertz CT molecular complexity index is 1010. The van der Waals surface area contributed by atoms with Crippen molar-refractivity contribution in [2.24, 2.45) is 0 Å². The van der Waals surface area contributed by atoms with Gasteiger partial charge in [-0.25, -0.2) is 4.79 Å². The van der Waals surface area contributed by atoms with E-state index in [-0.39, 0.29) is 22.0 Å². The van der Waals surface area contributed by atoms with E-state index in [0.29, 0.717) is 10.4 Å². The van der Waals surface area contributed by atoms with Crippen molar-refractivity contribution in [3.63, 3.8) is 0 Å². The Morgan fingerprint density at radius 1 is 1.29 bits per heavy atom. The molecule has 0 aliphatic carbocycles. The molecule has 0 saturated heterocycles. The van der Waals surface area contributed by atoms with Crippen LogP contribution in [0.4, 0.5) is 5.00 Å². The highest BCUT2D eigenvalue weighted by molar-refractivity contribution is 7.18. The van der Waals surface area contributed by atoms with Crippen LogP contribution in [0.5, 0.6) is 0 Å². The third kappa shape index (κ3) is 4.30. The summed E-state index contributed by atoms with van der Waals surface area (Å²) in [4.78, 5) is 39.7. The van der Waals surface area contributed by atoms with E-state index in [4.69, 9.17) is 4.74 Å². The van der Waals surface area contributed by atoms with Crippen molar-refractivity contribution < 1.29 is 19.1 Å². The molecule has 0 saturated carbocycles. The van der Waals surface area contributed by atoms with Crippen molar-refractivity contribution in [2.45, 2.75) is 13.8 Å². The van der Waals surface area contributed by atoms with E-state index in [0.717, 1.165) is 21.8 Å². The summed E-state index contributed by atoms with van der Waals surface area (Å²) in [7, 11) is 4.41. The number of ether oxygens (including phenoxy) is 1. The maximum Gasteiger partial charge on any atom is 0.341 e. The quantitative estimate of drug-likeness (QED) is 0.456. The van der Waals surface area contributed by atoms with Gasteiger partial charge in [-0.15, -0.1) is 22.7 Å². The lowest BCUT2D eigenvalue weighted by molar-refractivity contribution is -0.112. The number of methoxy groups -OCH3 is 1. The van der Waals surface area contributed by atoms with Crippen LogP contribution in [0.15, 0.2) is 17.0 Å². The van der Waals surface area contributed by atoms with Crippen LogP contribution >= 0.6 is 22.7 Å². The topological polar surface area (TPSA) is 99.5 Å². The van der Waals surface area contributed by atoms with Gasteiger partial charge in [-0.05, 0) is 42.5 Å². The molecule has 2 aromatic heterocycles. The molecular weight excluding hydrogens is 398 g/mol. The molecule has 0 bridgehead atoms. The number of nitrogens with zero attached hydrogens (tertiary/aromatic N) is 2. The monoisotopic (exact) mass is 417 g/mol. The van der Waals surface area contributed by atoms with E-state index in [1.54, 1.807) is 21.0 Å². The number of nitriles is 1. The van der Waals surface area contributed by atoms with Crippen LogP contribution in [0.3, 0.4) is 0 Å². The molecule has 28 heavy (non-hydrogen) atoms. The van der Waals surface area contributed by atoms with Crippen molar-refractivity contribution in [1.29, 1.82) is 5.26 Å². The zero-order valence-electron chi connectivity index (χ0n) is 16.1. The SMILES string of the molecule is COC(=O)c1c(NC(=O)C(C#N)=Cc2sccc2C)sc(C(=O)N(C)C)c1C. The molecule has 2 rings (SSSR count). The Morgan fingerprint density at radius 2 is 1.96 bits per heavy atom. The lowest BCUT2D eigenvalue weighted by Crippen LogP contribution is -2.21.